The zero-order valence-corrected chi connectivity index (χ0v) is 15.4. The smallest absolute Gasteiger partial charge is 0.0964 e. The van der Waals surface area contributed by atoms with Crippen molar-refractivity contribution < 1.29 is 19.5 Å². The van der Waals surface area contributed by atoms with E-state index in [0.717, 1.165) is 21.8 Å². The van der Waals surface area contributed by atoms with Crippen LogP contribution in [0, 0.1) is 34.0 Å². The minimum atomic E-state index is 0. The van der Waals surface area contributed by atoms with Gasteiger partial charge in [0.1, 0.15) is 0 Å². The van der Waals surface area contributed by atoms with E-state index in [-0.39, 0.29) is 19.5 Å². The molecule has 1 aromatic carbocycles. The van der Waals surface area contributed by atoms with Crippen molar-refractivity contribution in [2.45, 2.75) is 20.8 Å². The van der Waals surface area contributed by atoms with Gasteiger partial charge in [-0.2, -0.15) is 15.8 Å². The van der Waals surface area contributed by atoms with Gasteiger partial charge < -0.3 is 0 Å². The molecule has 0 spiro atoms. The SMILES string of the molecule is CC#N.CC#N.CC#N.[Ru].c1cnc2c(c1)ccc1cccnc12. The van der Waals surface area contributed by atoms with E-state index in [1.165, 1.54) is 20.8 Å². The van der Waals surface area contributed by atoms with Gasteiger partial charge in [0.15, 0.2) is 0 Å². The molecule has 3 aromatic rings. The van der Waals surface area contributed by atoms with E-state index in [0.29, 0.717) is 0 Å². The molecule has 0 saturated heterocycles. The average Bonchev–Trinajstić information content (AvgIpc) is 2.57. The molecule has 0 aliphatic heterocycles. The largest absolute Gasteiger partial charge is 0.254 e. The second kappa shape index (κ2) is 15.0. The second-order valence-electron chi connectivity index (χ2n) is 3.89. The number of fused-ring (bicyclic) bond motifs is 3. The molecule has 0 fully saturated rings. The van der Waals surface area contributed by atoms with E-state index in [1.54, 1.807) is 30.6 Å². The number of benzene rings is 1. The Balaban J connectivity index is 0. The van der Waals surface area contributed by atoms with Crippen LogP contribution in [0.4, 0.5) is 0 Å². The van der Waals surface area contributed by atoms with Crippen molar-refractivity contribution in [2.75, 3.05) is 0 Å². The third kappa shape index (κ3) is 7.95. The Morgan fingerprint density at radius 2 is 0.958 bits per heavy atom. The molecule has 2 aromatic heterocycles. The first kappa shape index (κ1) is 23.4. The maximum absolute atomic E-state index is 7.32. The quantitative estimate of drug-likeness (QED) is 0.409. The normalized spacial score (nSPS) is 7.33. The number of pyridine rings is 2. The number of rotatable bonds is 0. The molecule has 122 valence electrons. The fourth-order valence-electron chi connectivity index (χ4n) is 1.68. The molecule has 0 saturated carbocycles. The Morgan fingerprint density at radius 1 is 0.667 bits per heavy atom. The molecule has 0 aliphatic carbocycles. The van der Waals surface area contributed by atoms with Crippen molar-refractivity contribution in [1.29, 1.82) is 15.8 Å². The molecule has 6 heteroatoms. The Kier molecular flexibility index (Phi) is 14.7. The minimum absolute atomic E-state index is 0. The van der Waals surface area contributed by atoms with Crippen molar-refractivity contribution in [1.82, 2.24) is 9.97 Å². The van der Waals surface area contributed by atoms with Gasteiger partial charge in [-0.05, 0) is 12.1 Å². The van der Waals surface area contributed by atoms with Crippen LogP contribution < -0.4 is 0 Å². The van der Waals surface area contributed by atoms with E-state index < -0.39 is 0 Å². The average molecular weight is 404 g/mol. The van der Waals surface area contributed by atoms with Crippen LogP contribution in [-0.4, -0.2) is 9.97 Å². The molecular weight excluding hydrogens is 387 g/mol. The minimum Gasteiger partial charge on any atom is -0.254 e. The van der Waals surface area contributed by atoms with E-state index >= 15 is 0 Å². The van der Waals surface area contributed by atoms with E-state index in [2.05, 4.69) is 34.2 Å². The van der Waals surface area contributed by atoms with Gasteiger partial charge in [0.2, 0.25) is 0 Å². The Bertz CT molecular complexity index is 773. The summed E-state index contributed by atoms with van der Waals surface area (Å²) in [6.45, 7) is 4.29. The van der Waals surface area contributed by atoms with Crippen LogP contribution in [0.15, 0.2) is 48.8 Å². The van der Waals surface area contributed by atoms with Crippen molar-refractivity contribution in [3.05, 3.63) is 48.8 Å². The van der Waals surface area contributed by atoms with Gasteiger partial charge in [-0.15, -0.1) is 0 Å². The fraction of sp³-hybridized carbons (Fsp3) is 0.167. The first-order valence-electron chi connectivity index (χ1n) is 6.71. The van der Waals surface area contributed by atoms with Gasteiger partial charge in [0, 0.05) is 63.4 Å². The molecule has 5 nitrogen and oxygen atoms in total. The first-order chi connectivity index (χ1) is 11.2. The molecule has 0 atom stereocenters. The number of hydrogen-bond acceptors (Lipinski definition) is 5. The second-order valence-corrected chi connectivity index (χ2v) is 3.89. The summed E-state index contributed by atoms with van der Waals surface area (Å²) in [4.78, 5) is 8.69. The third-order valence-electron chi connectivity index (χ3n) is 2.34. The van der Waals surface area contributed by atoms with Crippen LogP contribution >= 0.6 is 0 Å². The standard InChI is InChI=1S/C12H8N2.3C2H3N.Ru/c1-3-9-5-6-10-4-2-8-14-12(10)11(9)13-7-1;3*1-2-3;/h1-8H;3*1H3;. The van der Waals surface area contributed by atoms with E-state index in [9.17, 15) is 0 Å². The Labute approximate surface area is 155 Å². The Hall–Kier alpha value is -2.87. The van der Waals surface area contributed by atoms with Crippen LogP contribution in [0.25, 0.3) is 21.8 Å². The number of hydrogen-bond donors (Lipinski definition) is 0. The first-order valence-corrected chi connectivity index (χ1v) is 6.71. The van der Waals surface area contributed by atoms with Gasteiger partial charge in [0.05, 0.1) is 29.2 Å². The number of aromatic nitrogens is 2. The summed E-state index contributed by atoms with van der Waals surface area (Å²) in [5.74, 6) is 0. The predicted octanol–water partition coefficient (Wildman–Crippen LogP) is 4.37. The maximum Gasteiger partial charge on any atom is 0.0964 e. The molecule has 24 heavy (non-hydrogen) atoms. The zero-order valence-electron chi connectivity index (χ0n) is 13.7. The van der Waals surface area contributed by atoms with Crippen molar-refractivity contribution >= 4 is 21.8 Å². The van der Waals surface area contributed by atoms with Crippen molar-refractivity contribution in [2.24, 2.45) is 0 Å². The van der Waals surface area contributed by atoms with Gasteiger partial charge >= 0.3 is 0 Å². The topological polar surface area (TPSA) is 97.2 Å². The molecular formula is C18H17N5Ru. The molecule has 0 bridgehead atoms. The molecule has 0 aliphatic rings. The summed E-state index contributed by atoms with van der Waals surface area (Å²) >= 11 is 0. The number of nitriles is 3. The van der Waals surface area contributed by atoms with Crippen molar-refractivity contribution in [3.8, 4) is 18.2 Å². The molecule has 0 amide bonds. The zero-order chi connectivity index (χ0) is 17.5. The monoisotopic (exact) mass is 405 g/mol. The van der Waals surface area contributed by atoms with Gasteiger partial charge in [-0.1, -0.05) is 24.3 Å². The van der Waals surface area contributed by atoms with E-state index in [1.807, 2.05) is 12.1 Å². The molecule has 0 unspecified atom stereocenters. The van der Waals surface area contributed by atoms with Crippen LogP contribution in [0.3, 0.4) is 0 Å². The van der Waals surface area contributed by atoms with E-state index in [4.69, 9.17) is 15.8 Å². The fourth-order valence-corrected chi connectivity index (χ4v) is 1.68. The molecule has 0 radical (unpaired) electrons. The van der Waals surface area contributed by atoms with Crippen LogP contribution in [0.5, 0.6) is 0 Å². The van der Waals surface area contributed by atoms with Gasteiger partial charge in [-0.3, -0.25) is 9.97 Å². The summed E-state index contributed by atoms with van der Waals surface area (Å²) in [7, 11) is 0. The summed E-state index contributed by atoms with van der Waals surface area (Å²) in [6.07, 6.45) is 3.60. The van der Waals surface area contributed by atoms with Crippen LogP contribution in [0.2, 0.25) is 0 Å². The van der Waals surface area contributed by atoms with Crippen LogP contribution in [0.1, 0.15) is 20.8 Å². The molecule has 3 rings (SSSR count). The maximum atomic E-state index is 7.32. The summed E-state index contributed by atoms with van der Waals surface area (Å²) < 4.78 is 0. The predicted molar refractivity (Wildman–Crippen MR) is 90.9 cm³/mol. The third-order valence-corrected chi connectivity index (χ3v) is 2.34. The molecule has 2 heterocycles. The van der Waals surface area contributed by atoms with Crippen LogP contribution in [-0.2, 0) is 19.5 Å². The summed E-state index contributed by atoms with van der Waals surface area (Å²) in [5, 5.41) is 24.2. The molecule has 0 N–H and O–H groups in total. The number of nitrogens with zero attached hydrogens (tertiary/aromatic N) is 5. The summed E-state index contributed by atoms with van der Waals surface area (Å²) in [5.41, 5.74) is 1.95. The van der Waals surface area contributed by atoms with Crippen molar-refractivity contribution in [3.63, 3.8) is 0 Å². The van der Waals surface area contributed by atoms with Gasteiger partial charge in [-0.25, -0.2) is 0 Å². The van der Waals surface area contributed by atoms with Gasteiger partial charge in [0.25, 0.3) is 0 Å². The summed E-state index contributed by atoms with van der Waals surface area (Å²) in [6, 6.07) is 17.4. The Morgan fingerprint density at radius 3 is 1.25 bits per heavy atom.